The third kappa shape index (κ3) is 1.01. The lowest BCUT2D eigenvalue weighted by molar-refractivity contribution is 1.24. The summed E-state index contributed by atoms with van der Waals surface area (Å²) >= 11 is 0. The Morgan fingerprint density at radius 2 is 2.00 bits per heavy atom. The van der Waals surface area contributed by atoms with E-state index >= 15 is 0 Å². The molecule has 0 fully saturated rings. The molecule has 0 amide bonds. The molecule has 0 aromatic carbocycles. The Morgan fingerprint density at radius 3 is 2.87 bits per heavy atom. The summed E-state index contributed by atoms with van der Waals surface area (Å²) in [5.74, 6) is 0.529. The van der Waals surface area contributed by atoms with Crippen LogP contribution in [0.25, 0.3) is 21.9 Å². The van der Waals surface area contributed by atoms with E-state index in [9.17, 15) is 0 Å². The average Bonchev–Trinajstić information content (AvgIpc) is 2.65. The quantitative estimate of drug-likeness (QED) is 0.494. The summed E-state index contributed by atoms with van der Waals surface area (Å²) in [6, 6.07) is 1.89. The van der Waals surface area contributed by atoms with Crippen LogP contribution in [0.15, 0.2) is 18.5 Å². The summed E-state index contributed by atoms with van der Waals surface area (Å²) in [6.45, 7) is 0. The highest BCUT2D eigenvalue weighted by atomic mass is 15.0. The van der Waals surface area contributed by atoms with Crippen LogP contribution in [-0.2, 0) is 0 Å². The number of aromatic amines is 1. The lowest BCUT2D eigenvalue weighted by Gasteiger charge is -2.02. The molecule has 0 saturated carbocycles. The van der Waals surface area contributed by atoms with Gasteiger partial charge in [0, 0.05) is 17.8 Å². The smallest absolute Gasteiger partial charge is 0.222 e. The van der Waals surface area contributed by atoms with Gasteiger partial charge < -0.3 is 16.5 Å². The maximum atomic E-state index is 5.74. The molecule has 0 unspecified atom stereocenters. The summed E-state index contributed by atoms with van der Waals surface area (Å²) in [7, 11) is 0. The first-order valence-electron chi connectivity index (χ1n) is 4.40. The Labute approximate surface area is 84.3 Å². The van der Waals surface area contributed by atoms with Gasteiger partial charge in [-0.15, -0.1) is 0 Å². The molecule has 6 nitrogen and oxygen atoms in total. The standard InChI is InChI=1S/C9H8N6/c10-7-5-3-13-8-4(1-2-12-8)6(5)14-9(11)15-7/h1-3H,(H,12,13)(H4,10,11,14,15). The van der Waals surface area contributed by atoms with Gasteiger partial charge in [0.15, 0.2) is 0 Å². The van der Waals surface area contributed by atoms with Crippen LogP contribution in [0.2, 0.25) is 0 Å². The number of nitrogens with two attached hydrogens (primary N) is 2. The lowest BCUT2D eigenvalue weighted by atomic mass is 10.2. The maximum absolute atomic E-state index is 5.74. The van der Waals surface area contributed by atoms with Crippen molar-refractivity contribution < 1.29 is 0 Å². The second-order valence-electron chi connectivity index (χ2n) is 3.23. The normalized spacial score (nSPS) is 11.2. The molecular formula is C9H8N6. The van der Waals surface area contributed by atoms with Crippen LogP contribution in [0.4, 0.5) is 11.8 Å². The molecule has 0 radical (unpaired) electrons. The molecule has 3 aromatic heterocycles. The van der Waals surface area contributed by atoms with E-state index in [4.69, 9.17) is 11.5 Å². The molecule has 0 aliphatic rings. The predicted octanol–water partition coefficient (Wildman–Crippen LogP) is 0.670. The molecule has 0 aliphatic carbocycles. The van der Waals surface area contributed by atoms with Crippen molar-refractivity contribution in [2.75, 3.05) is 11.5 Å². The number of hydrogen-bond donors (Lipinski definition) is 3. The maximum Gasteiger partial charge on any atom is 0.222 e. The number of nitrogens with one attached hydrogen (secondary N) is 1. The SMILES string of the molecule is Nc1nc(N)c2cnc3[nH]ccc3c2n1. The molecule has 15 heavy (non-hydrogen) atoms. The molecule has 0 atom stereocenters. The Hall–Kier alpha value is -2.37. The van der Waals surface area contributed by atoms with Crippen molar-refractivity contribution in [1.29, 1.82) is 0 Å². The first-order valence-corrected chi connectivity index (χ1v) is 4.40. The van der Waals surface area contributed by atoms with Crippen LogP contribution in [-0.4, -0.2) is 19.9 Å². The van der Waals surface area contributed by atoms with E-state index in [1.54, 1.807) is 12.4 Å². The van der Waals surface area contributed by atoms with E-state index in [-0.39, 0.29) is 5.95 Å². The van der Waals surface area contributed by atoms with Crippen LogP contribution in [0.5, 0.6) is 0 Å². The second kappa shape index (κ2) is 2.57. The number of pyridine rings is 1. The number of H-pyrrole nitrogens is 1. The van der Waals surface area contributed by atoms with Crippen LogP contribution in [0.3, 0.4) is 0 Å². The van der Waals surface area contributed by atoms with Crippen molar-refractivity contribution in [2.45, 2.75) is 0 Å². The fourth-order valence-electron chi connectivity index (χ4n) is 1.62. The van der Waals surface area contributed by atoms with Gasteiger partial charge in [-0.2, -0.15) is 4.98 Å². The number of hydrogen-bond acceptors (Lipinski definition) is 5. The highest BCUT2D eigenvalue weighted by molar-refractivity contribution is 6.05. The third-order valence-corrected chi connectivity index (χ3v) is 2.30. The van der Waals surface area contributed by atoms with Crippen LogP contribution < -0.4 is 11.5 Å². The summed E-state index contributed by atoms with van der Waals surface area (Å²) in [6.07, 6.45) is 3.44. The molecule has 3 rings (SSSR count). The van der Waals surface area contributed by atoms with Gasteiger partial charge in [-0.05, 0) is 6.07 Å². The van der Waals surface area contributed by atoms with Gasteiger partial charge in [0.25, 0.3) is 0 Å². The van der Waals surface area contributed by atoms with Crippen molar-refractivity contribution in [3.8, 4) is 0 Å². The van der Waals surface area contributed by atoms with Gasteiger partial charge in [0.05, 0.1) is 10.9 Å². The van der Waals surface area contributed by atoms with E-state index in [1.165, 1.54) is 0 Å². The van der Waals surface area contributed by atoms with Crippen molar-refractivity contribution in [1.82, 2.24) is 19.9 Å². The van der Waals surface area contributed by atoms with Crippen LogP contribution in [0, 0.1) is 0 Å². The molecule has 0 spiro atoms. The zero-order valence-electron chi connectivity index (χ0n) is 7.73. The highest BCUT2D eigenvalue weighted by Gasteiger charge is 2.08. The van der Waals surface area contributed by atoms with Gasteiger partial charge in [-0.1, -0.05) is 0 Å². The van der Waals surface area contributed by atoms with Gasteiger partial charge in [0.1, 0.15) is 11.5 Å². The molecule has 3 aromatic rings. The summed E-state index contributed by atoms with van der Waals surface area (Å²) in [4.78, 5) is 15.3. The second-order valence-corrected chi connectivity index (χ2v) is 3.23. The molecule has 5 N–H and O–H groups in total. The Morgan fingerprint density at radius 1 is 1.13 bits per heavy atom. The largest absolute Gasteiger partial charge is 0.383 e. The minimum absolute atomic E-state index is 0.175. The molecule has 74 valence electrons. The van der Waals surface area contributed by atoms with E-state index in [2.05, 4.69) is 19.9 Å². The topological polar surface area (TPSA) is 106 Å². The van der Waals surface area contributed by atoms with Gasteiger partial charge in [-0.3, -0.25) is 0 Å². The predicted molar refractivity (Wildman–Crippen MR) is 58.0 cm³/mol. The number of rotatable bonds is 0. The zero-order chi connectivity index (χ0) is 10.4. The number of fused-ring (bicyclic) bond motifs is 3. The summed E-state index contributed by atoms with van der Waals surface area (Å²) < 4.78 is 0. The van der Waals surface area contributed by atoms with Crippen molar-refractivity contribution in [2.24, 2.45) is 0 Å². The summed E-state index contributed by atoms with van der Waals surface area (Å²) in [5.41, 5.74) is 12.8. The lowest BCUT2D eigenvalue weighted by Crippen LogP contribution is -2.00. The van der Waals surface area contributed by atoms with Crippen molar-refractivity contribution in [3.63, 3.8) is 0 Å². The average molecular weight is 200 g/mol. The Balaban J connectivity index is 2.61. The number of nitrogen functional groups attached to an aromatic ring is 2. The minimum atomic E-state index is 0.175. The number of nitrogens with zero attached hydrogens (tertiary/aromatic N) is 3. The first kappa shape index (κ1) is 7.98. The van der Waals surface area contributed by atoms with E-state index in [0.717, 1.165) is 21.9 Å². The van der Waals surface area contributed by atoms with Crippen molar-refractivity contribution >= 4 is 33.7 Å². The van der Waals surface area contributed by atoms with E-state index < -0.39 is 0 Å². The van der Waals surface area contributed by atoms with Gasteiger partial charge in [-0.25, -0.2) is 9.97 Å². The van der Waals surface area contributed by atoms with Gasteiger partial charge >= 0.3 is 0 Å². The third-order valence-electron chi connectivity index (χ3n) is 2.30. The molecular weight excluding hydrogens is 192 g/mol. The Bertz CT molecular complexity index is 656. The van der Waals surface area contributed by atoms with E-state index in [0.29, 0.717) is 5.82 Å². The molecule has 3 heterocycles. The Kier molecular flexibility index (Phi) is 1.37. The van der Waals surface area contributed by atoms with Crippen LogP contribution in [0.1, 0.15) is 0 Å². The molecule has 0 saturated heterocycles. The fourth-order valence-corrected chi connectivity index (χ4v) is 1.62. The number of aromatic nitrogens is 4. The minimum Gasteiger partial charge on any atom is -0.383 e. The molecule has 6 heteroatoms. The fraction of sp³-hybridized carbons (Fsp3) is 0. The highest BCUT2D eigenvalue weighted by Crippen LogP contribution is 2.24. The van der Waals surface area contributed by atoms with E-state index in [1.807, 2.05) is 6.07 Å². The monoisotopic (exact) mass is 200 g/mol. The molecule has 0 aliphatic heterocycles. The van der Waals surface area contributed by atoms with Gasteiger partial charge in [0.2, 0.25) is 5.95 Å². The van der Waals surface area contributed by atoms with Crippen LogP contribution >= 0.6 is 0 Å². The molecule has 0 bridgehead atoms. The summed E-state index contributed by atoms with van der Waals surface area (Å²) in [5, 5.41) is 1.62. The van der Waals surface area contributed by atoms with Crippen molar-refractivity contribution in [3.05, 3.63) is 18.5 Å². The zero-order valence-corrected chi connectivity index (χ0v) is 7.73. The number of anilines is 2. The first-order chi connectivity index (χ1) is 7.25.